The molecule has 0 saturated heterocycles. The lowest BCUT2D eigenvalue weighted by molar-refractivity contribution is 0.415. The maximum atomic E-state index is 5.17. The van der Waals surface area contributed by atoms with Gasteiger partial charge in [-0.2, -0.15) is 0 Å². The second-order valence-electron chi connectivity index (χ2n) is 5.92. The van der Waals surface area contributed by atoms with Gasteiger partial charge in [0.1, 0.15) is 11.6 Å². The van der Waals surface area contributed by atoms with Crippen LogP contribution in [0.5, 0.6) is 5.75 Å². The van der Waals surface area contributed by atoms with Gasteiger partial charge in [-0.05, 0) is 44.0 Å². The van der Waals surface area contributed by atoms with E-state index in [1.807, 2.05) is 31.2 Å². The van der Waals surface area contributed by atoms with E-state index in [9.17, 15) is 0 Å². The Morgan fingerprint density at radius 3 is 2.80 bits per heavy atom. The van der Waals surface area contributed by atoms with Crippen molar-refractivity contribution in [1.29, 1.82) is 0 Å². The molecule has 1 N–H and O–H groups in total. The third kappa shape index (κ3) is 3.80. The summed E-state index contributed by atoms with van der Waals surface area (Å²) in [5.74, 6) is 2.65. The zero-order valence-corrected chi connectivity index (χ0v) is 15.7. The monoisotopic (exact) mass is 373 g/mol. The van der Waals surface area contributed by atoms with Crippen LogP contribution in [0.3, 0.4) is 0 Å². The maximum absolute atomic E-state index is 5.17. The maximum Gasteiger partial charge on any atom is 0.191 e. The number of aryl methyl sites for hydroxylation is 1. The fourth-order valence-corrected chi connectivity index (χ4v) is 4.35. The van der Waals surface area contributed by atoms with Gasteiger partial charge in [-0.3, -0.25) is 0 Å². The average molecular weight is 374 g/mol. The molecule has 1 saturated carbocycles. The van der Waals surface area contributed by atoms with E-state index in [-0.39, 0.29) is 0 Å². The summed E-state index contributed by atoms with van der Waals surface area (Å²) in [4.78, 5) is 4.66. The van der Waals surface area contributed by atoms with Gasteiger partial charge in [0.05, 0.1) is 12.8 Å². The zero-order chi connectivity index (χ0) is 17.2. The lowest BCUT2D eigenvalue weighted by Crippen LogP contribution is -1.99. The van der Waals surface area contributed by atoms with Crippen molar-refractivity contribution < 1.29 is 4.74 Å². The van der Waals surface area contributed by atoms with E-state index >= 15 is 0 Å². The Hall–Kier alpha value is -2.06. The minimum Gasteiger partial charge on any atom is -0.497 e. The average Bonchev–Trinajstić information content (AvgIpc) is 3.25. The first kappa shape index (κ1) is 16.4. The molecule has 8 heteroatoms. The molecule has 4 rings (SSSR count). The number of hydrogen-bond donors (Lipinski definition) is 1. The van der Waals surface area contributed by atoms with E-state index < -0.39 is 0 Å². The number of anilines is 2. The minimum absolute atomic E-state index is 0.597. The Labute approximate surface area is 154 Å². The summed E-state index contributed by atoms with van der Waals surface area (Å²) in [6.07, 6.45) is 2.47. The standard InChI is InChI=1S/C17H19N5OS2/c1-11-20-21-17(22(11)14-5-6-14)25-10-13-9-24-16(19-13)18-12-3-7-15(23-2)8-4-12/h3-4,7-9,14H,5-6,10H2,1-2H3,(H,18,19). The molecule has 0 bridgehead atoms. The van der Waals surface area contributed by atoms with E-state index in [2.05, 4.69) is 30.4 Å². The molecule has 1 aromatic carbocycles. The number of nitrogens with one attached hydrogen (secondary N) is 1. The molecule has 0 aliphatic heterocycles. The number of methoxy groups -OCH3 is 1. The lowest BCUT2D eigenvalue weighted by atomic mass is 10.3. The van der Waals surface area contributed by atoms with Crippen molar-refractivity contribution in [2.75, 3.05) is 12.4 Å². The number of nitrogens with zero attached hydrogens (tertiary/aromatic N) is 4. The van der Waals surface area contributed by atoms with Crippen LogP contribution in [0.2, 0.25) is 0 Å². The molecule has 1 aliphatic rings. The smallest absolute Gasteiger partial charge is 0.191 e. The molecule has 0 spiro atoms. The number of benzene rings is 1. The minimum atomic E-state index is 0.597. The third-order valence-electron chi connectivity index (χ3n) is 3.99. The summed E-state index contributed by atoms with van der Waals surface area (Å²) < 4.78 is 7.43. The molecule has 25 heavy (non-hydrogen) atoms. The molecule has 0 atom stereocenters. The number of aromatic nitrogens is 4. The van der Waals surface area contributed by atoms with Crippen molar-refractivity contribution in [2.45, 2.75) is 36.7 Å². The Kier molecular flexibility index (Phi) is 4.63. The molecule has 2 heterocycles. The first-order valence-electron chi connectivity index (χ1n) is 8.12. The van der Waals surface area contributed by atoms with Gasteiger partial charge in [-0.15, -0.1) is 21.5 Å². The van der Waals surface area contributed by atoms with Gasteiger partial charge < -0.3 is 14.6 Å². The van der Waals surface area contributed by atoms with Gasteiger partial charge in [-0.25, -0.2) is 4.98 Å². The summed E-state index contributed by atoms with van der Waals surface area (Å²) in [7, 11) is 1.67. The van der Waals surface area contributed by atoms with Crippen molar-refractivity contribution in [1.82, 2.24) is 19.7 Å². The van der Waals surface area contributed by atoms with E-state index in [4.69, 9.17) is 4.74 Å². The van der Waals surface area contributed by atoms with E-state index in [1.54, 1.807) is 30.2 Å². The molecule has 1 aliphatic carbocycles. The topological polar surface area (TPSA) is 64.9 Å². The molecular formula is C17H19N5OS2. The molecule has 1 fully saturated rings. The number of rotatable bonds is 7. The summed E-state index contributed by atoms with van der Waals surface area (Å²) in [5, 5.41) is 15.8. The van der Waals surface area contributed by atoms with Crippen molar-refractivity contribution in [3.63, 3.8) is 0 Å². The highest BCUT2D eigenvalue weighted by atomic mass is 32.2. The van der Waals surface area contributed by atoms with Gasteiger partial charge in [0, 0.05) is 22.9 Å². The highest BCUT2D eigenvalue weighted by Crippen LogP contribution is 2.39. The zero-order valence-electron chi connectivity index (χ0n) is 14.1. The van der Waals surface area contributed by atoms with Crippen LogP contribution in [-0.2, 0) is 5.75 Å². The van der Waals surface area contributed by atoms with E-state index in [1.165, 1.54) is 12.8 Å². The predicted octanol–water partition coefficient (Wildman–Crippen LogP) is 4.42. The largest absolute Gasteiger partial charge is 0.497 e. The van der Waals surface area contributed by atoms with Crippen LogP contribution in [0.25, 0.3) is 0 Å². The second-order valence-corrected chi connectivity index (χ2v) is 7.72. The van der Waals surface area contributed by atoms with Crippen LogP contribution in [0.1, 0.15) is 30.4 Å². The number of ether oxygens (including phenoxy) is 1. The van der Waals surface area contributed by atoms with Crippen LogP contribution in [0.15, 0.2) is 34.8 Å². The van der Waals surface area contributed by atoms with Gasteiger partial charge >= 0.3 is 0 Å². The van der Waals surface area contributed by atoms with Gasteiger partial charge in [0.15, 0.2) is 10.3 Å². The Morgan fingerprint density at radius 1 is 1.28 bits per heavy atom. The predicted molar refractivity (Wildman–Crippen MR) is 101 cm³/mol. The lowest BCUT2D eigenvalue weighted by Gasteiger charge is -2.05. The highest BCUT2D eigenvalue weighted by molar-refractivity contribution is 7.98. The number of thioether (sulfide) groups is 1. The van der Waals surface area contributed by atoms with Crippen molar-refractivity contribution in [3.05, 3.63) is 41.2 Å². The van der Waals surface area contributed by atoms with Gasteiger partial charge in [0.25, 0.3) is 0 Å². The molecule has 0 radical (unpaired) electrons. The first-order chi connectivity index (χ1) is 12.2. The fourth-order valence-electron chi connectivity index (χ4n) is 2.57. The van der Waals surface area contributed by atoms with Gasteiger partial charge in [0.2, 0.25) is 0 Å². The SMILES string of the molecule is COc1ccc(Nc2nc(CSc3nnc(C)n3C3CC3)cs2)cc1. The van der Waals surface area contributed by atoms with Crippen LogP contribution >= 0.6 is 23.1 Å². The second kappa shape index (κ2) is 7.05. The first-order valence-corrected chi connectivity index (χ1v) is 9.99. The molecule has 6 nitrogen and oxygen atoms in total. The number of hydrogen-bond acceptors (Lipinski definition) is 7. The van der Waals surface area contributed by atoms with Crippen LogP contribution in [0.4, 0.5) is 10.8 Å². The molecule has 130 valence electrons. The van der Waals surface area contributed by atoms with Crippen molar-refractivity contribution in [2.24, 2.45) is 0 Å². The normalized spacial score (nSPS) is 13.8. The molecule has 3 aromatic rings. The molecular weight excluding hydrogens is 354 g/mol. The van der Waals surface area contributed by atoms with Crippen LogP contribution in [0, 0.1) is 6.92 Å². The highest BCUT2D eigenvalue weighted by Gasteiger charge is 2.28. The van der Waals surface area contributed by atoms with Crippen molar-refractivity contribution in [3.8, 4) is 5.75 Å². The summed E-state index contributed by atoms with van der Waals surface area (Å²) >= 11 is 3.31. The fraction of sp³-hybridized carbons (Fsp3) is 0.353. The van der Waals surface area contributed by atoms with E-state index in [0.29, 0.717) is 6.04 Å². The van der Waals surface area contributed by atoms with Crippen molar-refractivity contribution >= 4 is 33.9 Å². The third-order valence-corrected chi connectivity index (χ3v) is 5.77. The van der Waals surface area contributed by atoms with Crippen LogP contribution in [-0.4, -0.2) is 26.9 Å². The van der Waals surface area contributed by atoms with Gasteiger partial charge in [-0.1, -0.05) is 11.8 Å². The van der Waals surface area contributed by atoms with E-state index in [0.717, 1.165) is 39.0 Å². The summed E-state index contributed by atoms with van der Waals surface area (Å²) in [6.45, 7) is 2.02. The Balaban J connectivity index is 1.38. The Bertz CT molecular complexity index is 854. The Morgan fingerprint density at radius 2 is 2.08 bits per heavy atom. The summed E-state index contributed by atoms with van der Waals surface area (Å²) in [5.41, 5.74) is 2.05. The molecule has 0 unspecified atom stereocenters. The summed E-state index contributed by atoms with van der Waals surface area (Å²) in [6, 6.07) is 8.42. The molecule has 0 amide bonds. The van der Waals surface area contributed by atoms with Crippen LogP contribution < -0.4 is 10.1 Å². The number of thiazole rings is 1. The quantitative estimate of drug-likeness (QED) is 0.618. The molecule has 2 aromatic heterocycles.